The van der Waals surface area contributed by atoms with E-state index in [1.54, 1.807) is 4.90 Å². The lowest BCUT2D eigenvalue weighted by Gasteiger charge is -2.39. The molecule has 3 N–H and O–H groups in total. The fraction of sp³-hybridized carbons (Fsp3) is 0.857. The number of carboxylic acid groups (broad SMARTS) is 1. The SMILES string of the molecule is O=C(O)CC1(NC(=O)N2CCC(O)CC2)CCCCC1. The minimum absolute atomic E-state index is 0.00476. The number of aliphatic hydroxyl groups is 1. The summed E-state index contributed by atoms with van der Waals surface area (Å²) in [4.78, 5) is 25.1. The molecule has 0 aromatic rings. The van der Waals surface area contributed by atoms with E-state index in [2.05, 4.69) is 5.32 Å². The van der Waals surface area contributed by atoms with Gasteiger partial charge in [0.05, 0.1) is 18.1 Å². The molecule has 1 heterocycles. The van der Waals surface area contributed by atoms with Gasteiger partial charge in [0.2, 0.25) is 0 Å². The van der Waals surface area contributed by atoms with Crippen molar-refractivity contribution < 1.29 is 19.8 Å². The Kier molecular flexibility index (Phi) is 4.86. The lowest BCUT2D eigenvalue weighted by Crippen LogP contribution is -2.56. The van der Waals surface area contributed by atoms with Crippen LogP contribution in [0.4, 0.5) is 4.79 Å². The van der Waals surface area contributed by atoms with Crippen molar-refractivity contribution in [2.75, 3.05) is 13.1 Å². The average Bonchev–Trinajstić information content (AvgIpc) is 2.39. The van der Waals surface area contributed by atoms with Crippen molar-refractivity contribution in [1.29, 1.82) is 0 Å². The highest BCUT2D eigenvalue weighted by molar-refractivity contribution is 5.77. The molecule has 6 heteroatoms. The number of aliphatic hydroxyl groups excluding tert-OH is 1. The molecule has 1 aliphatic carbocycles. The Morgan fingerprint density at radius 1 is 1.15 bits per heavy atom. The molecule has 0 aromatic heterocycles. The zero-order valence-electron chi connectivity index (χ0n) is 11.8. The highest BCUT2D eigenvalue weighted by Gasteiger charge is 2.37. The maximum absolute atomic E-state index is 12.3. The van der Waals surface area contributed by atoms with Crippen LogP contribution in [-0.2, 0) is 4.79 Å². The quantitative estimate of drug-likeness (QED) is 0.729. The summed E-state index contributed by atoms with van der Waals surface area (Å²) in [6, 6.07) is -0.181. The van der Waals surface area contributed by atoms with Crippen LogP contribution in [0, 0.1) is 0 Å². The minimum atomic E-state index is -0.860. The lowest BCUT2D eigenvalue weighted by molar-refractivity contribution is -0.139. The molecule has 2 fully saturated rings. The van der Waals surface area contributed by atoms with Crippen molar-refractivity contribution in [3.8, 4) is 0 Å². The van der Waals surface area contributed by atoms with Crippen LogP contribution in [0.3, 0.4) is 0 Å². The molecule has 0 bridgehead atoms. The van der Waals surface area contributed by atoms with Crippen LogP contribution < -0.4 is 5.32 Å². The molecule has 0 spiro atoms. The van der Waals surface area contributed by atoms with Crippen molar-refractivity contribution in [3.05, 3.63) is 0 Å². The standard InChI is InChI=1S/C14H24N2O4/c17-11-4-8-16(9-5-11)13(20)15-14(10-12(18)19)6-2-1-3-7-14/h11,17H,1-10H2,(H,15,20)(H,18,19). The third-order valence-corrected chi connectivity index (χ3v) is 4.42. The van der Waals surface area contributed by atoms with Gasteiger partial charge < -0.3 is 20.4 Å². The molecule has 1 aliphatic heterocycles. The van der Waals surface area contributed by atoms with Crippen molar-refractivity contribution >= 4 is 12.0 Å². The number of carbonyl (C=O) groups is 2. The van der Waals surface area contributed by atoms with Gasteiger partial charge >= 0.3 is 12.0 Å². The summed E-state index contributed by atoms with van der Waals surface area (Å²) in [5, 5.41) is 21.5. The van der Waals surface area contributed by atoms with Crippen LogP contribution in [0.5, 0.6) is 0 Å². The first kappa shape index (κ1) is 15.1. The van der Waals surface area contributed by atoms with E-state index in [1.165, 1.54) is 0 Å². The summed E-state index contributed by atoms with van der Waals surface area (Å²) in [6.07, 6.45) is 5.38. The van der Waals surface area contributed by atoms with Gasteiger partial charge in [0.25, 0.3) is 0 Å². The summed E-state index contributed by atoms with van der Waals surface area (Å²) in [6.45, 7) is 1.08. The number of rotatable bonds is 3. The third kappa shape index (κ3) is 3.85. The van der Waals surface area contributed by atoms with Gasteiger partial charge in [-0.2, -0.15) is 0 Å². The zero-order chi connectivity index (χ0) is 14.6. The number of carbonyl (C=O) groups excluding carboxylic acids is 1. The number of hydrogen-bond acceptors (Lipinski definition) is 3. The van der Waals surface area contributed by atoms with Gasteiger partial charge in [-0.3, -0.25) is 4.79 Å². The average molecular weight is 284 g/mol. The number of nitrogens with zero attached hydrogens (tertiary/aromatic N) is 1. The van der Waals surface area contributed by atoms with E-state index in [9.17, 15) is 14.7 Å². The van der Waals surface area contributed by atoms with Gasteiger partial charge in [-0.25, -0.2) is 4.79 Å². The number of amides is 2. The summed E-state index contributed by atoms with van der Waals surface area (Å²) in [7, 11) is 0. The van der Waals surface area contributed by atoms with E-state index >= 15 is 0 Å². The van der Waals surface area contributed by atoms with Crippen molar-refractivity contribution in [2.45, 2.75) is 63.0 Å². The number of nitrogens with one attached hydrogen (secondary N) is 1. The smallest absolute Gasteiger partial charge is 0.317 e. The Bertz CT molecular complexity index is 358. The van der Waals surface area contributed by atoms with Crippen molar-refractivity contribution in [2.24, 2.45) is 0 Å². The molecule has 2 aliphatic rings. The third-order valence-electron chi connectivity index (χ3n) is 4.42. The first-order valence-electron chi connectivity index (χ1n) is 7.48. The second-order valence-corrected chi connectivity index (χ2v) is 6.06. The molecule has 0 unspecified atom stereocenters. The van der Waals surface area contributed by atoms with Gasteiger partial charge in [0.15, 0.2) is 0 Å². The molecule has 0 atom stereocenters. The predicted molar refractivity (Wildman–Crippen MR) is 73.4 cm³/mol. The number of carboxylic acids is 1. The Labute approximate surface area is 119 Å². The number of aliphatic carboxylic acids is 1. The molecule has 20 heavy (non-hydrogen) atoms. The van der Waals surface area contributed by atoms with Gasteiger partial charge in [0.1, 0.15) is 0 Å². The van der Waals surface area contributed by atoms with Crippen LogP contribution >= 0.6 is 0 Å². The summed E-state index contributed by atoms with van der Waals surface area (Å²) in [5.74, 6) is -0.860. The van der Waals surface area contributed by atoms with E-state index in [-0.39, 0.29) is 18.6 Å². The Morgan fingerprint density at radius 2 is 1.75 bits per heavy atom. The maximum atomic E-state index is 12.3. The lowest BCUT2D eigenvalue weighted by atomic mass is 9.79. The Balaban J connectivity index is 1.96. The second-order valence-electron chi connectivity index (χ2n) is 6.06. The van der Waals surface area contributed by atoms with Crippen molar-refractivity contribution in [3.63, 3.8) is 0 Å². The minimum Gasteiger partial charge on any atom is -0.481 e. The van der Waals surface area contributed by atoms with Gasteiger partial charge in [-0.15, -0.1) is 0 Å². The number of urea groups is 1. The molecule has 1 saturated heterocycles. The molecule has 2 amide bonds. The topological polar surface area (TPSA) is 89.9 Å². The van der Waals surface area contributed by atoms with E-state index in [0.717, 1.165) is 32.1 Å². The van der Waals surface area contributed by atoms with Crippen molar-refractivity contribution in [1.82, 2.24) is 10.2 Å². The van der Waals surface area contributed by atoms with E-state index < -0.39 is 11.5 Å². The first-order chi connectivity index (χ1) is 9.51. The molecule has 6 nitrogen and oxygen atoms in total. The predicted octanol–water partition coefficient (Wildman–Crippen LogP) is 1.33. The van der Waals surface area contributed by atoms with E-state index in [0.29, 0.717) is 25.9 Å². The number of hydrogen-bond donors (Lipinski definition) is 3. The molecule has 0 radical (unpaired) electrons. The number of piperidine rings is 1. The van der Waals surface area contributed by atoms with Crippen LogP contribution in [0.2, 0.25) is 0 Å². The zero-order valence-corrected chi connectivity index (χ0v) is 11.8. The summed E-state index contributed by atoms with van der Waals surface area (Å²) < 4.78 is 0. The molecular weight excluding hydrogens is 260 g/mol. The van der Waals surface area contributed by atoms with Gasteiger partial charge in [-0.1, -0.05) is 19.3 Å². The summed E-state index contributed by atoms with van der Waals surface area (Å²) in [5.41, 5.74) is -0.586. The van der Waals surface area contributed by atoms with Crippen LogP contribution in [0.25, 0.3) is 0 Å². The molecule has 1 saturated carbocycles. The largest absolute Gasteiger partial charge is 0.481 e. The first-order valence-corrected chi connectivity index (χ1v) is 7.48. The number of likely N-dealkylation sites (tertiary alicyclic amines) is 1. The van der Waals surface area contributed by atoms with Gasteiger partial charge in [0, 0.05) is 13.1 Å². The Hall–Kier alpha value is -1.30. The molecule has 0 aromatic carbocycles. The monoisotopic (exact) mass is 284 g/mol. The highest BCUT2D eigenvalue weighted by Crippen LogP contribution is 2.31. The van der Waals surface area contributed by atoms with Gasteiger partial charge in [-0.05, 0) is 25.7 Å². The van der Waals surface area contributed by atoms with Crippen LogP contribution in [0.1, 0.15) is 51.4 Å². The van der Waals surface area contributed by atoms with Crippen LogP contribution in [-0.4, -0.2) is 51.8 Å². The molecule has 2 rings (SSSR count). The van der Waals surface area contributed by atoms with Crippen LogP contribution in [0.15, 0.2) is 0 Å². The fourth-order valence-corrected chi connectivity index (χ4v) is 3.24. The molecule has 114 valence electrons. The second kappa shape index (κ2) is 6.43. The Morgan fingerprint density at radius 3 is 2.30 bits per heavy atom. The fourth-order valence-electron chi connectivity index (χ4n) is 3.24. The maximum Gasteiger partial charge on any atom is 0.317 e. The highest BCUT2D eigenvalue weighted by atomic mass is 16.4. The van der Waals surface area contributed by atoms with E-state index in [4.69, 9.17) is 5.11 Å². The van der Waals surface area contributed by atoms with E-state index in [1.807, 2.05) is 0 Å². The summed E-state index contributed by atoms with van der Waals surface area (Å²) >= 11 is 0. The normalized spacial score (nSPS) is 23.4. The molecular formula is C14H24N2O4.